The highest BCUT2D eigenvalue weighted by Crippen LogP contribution is 2.27. The maximum Gasteiger partial charge on any atom is 0.276 e. The standard InChI is InChI=1S/C25H23N3O5/c1-17-3-12-22(23(13-17)31-2)33-16-25(30)28-27-24(29)15-32-21-10-8-20(9-11-21)19-6-4-18(14-26)5-7-19/h3-13H,15-16H2,1-2H3,(H,27,29)(H,28,30). The van der Waals surface area contributed by atoms with Crippen LogP contribution in [0.5, 0.6) is 17.2 Å². The molecule has 0 aliphatic rings. The van der Waals surface area contributed by atoms with Crippen LogP contribution < -0.4 is 25.1 Å². The van der Waals surface area contributed by atoms with Crippen molar-refractivity contribution in [1.82, 2.24) is 10.9 Å². The number of nitriles is 1. The fourth-order valence-corrected chi connectivity index (χ4v) is 2.88. The number of aryl methyl sites for hydroxylation is 1. The minimum absolute atomic E-state index is 0.275. The minimum atomic E-state index is -0.530. The molecule has 3 aromatic carbocycles. The quantitative estimate of drug-likeness (QED) is 0.516. The number of rotatable bonds is 8. The Morgan fingerprint density at radius 1 is 0.818 bits per heavy atom. The molecule has 0 fully saturated rings. The van der Waals surface area contributed by atoms with Crippen LogP contribution in [0.25, 0.3) is 11.1 Å². The van der Waals surface area contributed by atoms with E-state index >= 15 is 0 Å². The fraction of sp³-hybridized carbons (Fsp3) is 0.160. The Hall–Kier alpha value is -4.51. The molecule has 0 aliphatic carbocycles. The Kier molecular flexibility index (Phi) is 7.86. The highest BCUT2D eigenvalue weighted by Gasteiger charge is 2.09. The van der Waals surface area contributed by atoms with Crippen LogP contribution in [0.3, 0.4) is 0 Å². The number of nitrogens with one attached hydrogen (secondary N) is 2. The van der Waals surface area contributed by atoms with E-state index in [9.17, 15) is 9.59 Å². The normalized spacial score (nSPS) is 9.97. The molecule has 0 aromatic heterocycles. The summed E-state index contributed by atoms with van der Waals surface area (Å²) < 4.78 is 16.1. The highest BCUT2D eigenvalue weighted by molar-refractivity contribution is 5.83. The zero-order valence-corrected chi connectivity index (χ0v) is 18.3. The van der Waals surface area contributed by atoms with Crippen molar-refractivity contribution in [3.8, 4) is 34.4 Å². The molecule has 0 bridgehead atoms. The third kappa shape index (κ3) is 6.74. The lowest BCUT2D eigenvalue weighted by Gasteiger charge is -2.12. The first-order chi connectivity index (χ1) is 16.0. The van der Waals surface area contributed by atoms with Crippen LogP contribution in [-0.4, -0.2) is 32.1 Å². The summed E-state index contributed by atoms with van der Waals surface area (Å²) >= 11 is 0. The lowest BCUT2D eigenvalue weighted by molar-refractivity contribution is -0.131. The van der Waals surface area contributed by atoms with Crippen molar-refractivity contribution >= 4 is 11.8 Å². The van der Waals surface area contributed by atoms with Gasteiger partial charge in [0.15, 0.2) is 24.7 Å². The van der Waals surface area contributed by atoms with Crippen molar-refractivity contribution in [2.45, 2.75) is 6.92 Å². The van der Waals surface area contributed by atoms with Crippen LogP contribution >= 0.6 is 0 Å². The van der Waals surface area contributed by atoms with Gasteiger partial charge in [0.2, 0.25) is 0 Å². The van der Waals surface area contributed by atoms with Gasteiger partial charge in [-0.05, 0) is 60.0 Å². The highest BCUT2D eigenvalue weighted by atomic mass is 16.5. The third-order valence-corrected chi connectivity index (χ3v) is 4.59. The van der Waals surface area contributed by atoms with Gasteiger partial charge in [0.1, 0.15) is 5.75 Å². The number of benzene rings is 3. The SMILES string of the molecule is COc1cc(C)ccc1OCC(=O)NNC(=O)COc1ccc(-c2ccc(C#N)cc2)cc1. The molecule has 168 valence electrons. The lowest BCUT2D eigenvalue weighted by Crippen LogP contribution is -2.45. The van der Waals surface area contributed by atoms with Gasteiger partial charge in [0, 0.05) is 0 Å². The zero-order valence-electron chi connectivity index (χ0n) is 18.3. The second kappa shape index (κ2) is 11.2. The summed E-state index contributed by atoms with van der Waals surface area (Å²) in [6, 6.07) is 21.8. The third-order valence-electron chi connectivity index (χ3n) is 4.59. The molecule has 3 rings (SSSR count). The average molecular weight is 445 g/mol. The van der Waals surface area contributed by atoms with Gasteiger partial charge in [-0.1, -0.05) is 30.3 Å². The Morgan fingerprint density at radius 3 is 1.97 bits per heavy atom. The molecule has 0 spiro atoms. The molecule has 33 heavy (non-hydrogen) atoms. The summed E-state index contributed by atoms with van der Waals surface area (Å²) in [7, 11) is 1.52. The molecular formula is C25H23N3O5. The fourth-order valence-electron chi connectivity index (χ4n) is 2.88. The maximum absolute atomic E-state index is 11.9. The summed E-state index contributed by atoms with van der Waals surface area (Å²) in [6.07, 6.45) is 0. The summed E-state index contributed by atoms with van der Waals surface area (Å²) in [5.41, 5.74) is 8.06. The molecule has 0 aliphatic heterocycles. The molecule has 0 atom stereocenters. The second-order valence-electron chi connectivity index (χ2n) is 7.04. The molecule has 0 radical (unpaired) electrons. The molecule has 8 nitrogen and oxygen atoms in total. The first-order valence-corrected chi connectivity index (χ1v) is 10.1. The van der Waals surface area contributed by atoms with Crippen molar-refractivity contribution in [1.29, 1.82) is 5.26 Å². The number of hydrogen-bond acceptors (Lipinski definition) is 6. The van der Waals surface area contributed by atoms with Crippen molar-refractivity contribution in [2.24, 2.45) is 0 Å². The van der Waals surface area contributed by atoms with Gasteiger partial charge in [-0.3, -0.25) is 20.4 Å². The number of carbonyl (C=O) groups excluding carboxylic acids is 2. The van der Waals surface area contributed by atoms with Crippen molar-refractivity contribution in [3.05, 3.63) is 77.9 Å². The maximum atomic E-state index is 11.9. The molecular weight excluding hydrogens is 422 g/mol. The number of methoxy groups -OCH3 is 1. The topological polar surface area (TPSA) is 110 Å². The molecule has 0 saturated heterocycles. The first kappa shape index (κ1) is 23.2. The Bertz CT molecular complexity index is 1150. The van der Waals surface area contributed by atoms with Gasteiger partial charge in [-0.2, -0.15) is 5.26 Å². The van der Waals surface area contributed by atoms with Crippen molar-refractivity contribution in [2.75, 3.05) is 20.3 Å². The van der Waals surface area contributed by atoms with E-state index in [4.69, 9.17) is 19.5 Å². The Morgan fingerprint density at radius 2 is 1.39 bits per heavy atom. The molecule has 0 saturated carbocycles. The molecule has 2 amide bonds. The van der Waals surface area contributed by atoms with E-state index in [1.54, 1.807) is 36.4 Å². The number of nitrogens with zero attached hydrogens (tertiary/aromatic N) is 1. The predicted molar refractivity (Wildman–Crippen MR) is 122 cm³/mol. The molecule has 0 heterocycles. The number of amides is 2. The van der Waals surface area contributed by atoms with E-state index in [0.29, 0.717) is 22.8 Å². The van der Waals surface area contributed by atoms with E-state index in [2.05, 4.69) is 16.9 Å². The zero-order chi connectivity index (χ0) is 23.6. The average Bonchev–Trinajstić information content (AvgIpc) is 2.85. The van der Waals surface area contributed by atoms with Gasteiger partial charge >= 0.3 is 0 Å². The van der Waals surface area contributed by atoms with Gasteiger partial charge in [0.25, 0.3) is 11.8 Å². The largest absolute Gasteiger partial charge is 0.493 e. The van der Waals surface area contributed by atoms with Crippen LogP contribution in [0.2, 0.25) is 0 Å². The van der Waals surface area contributed by atoms with E-state index in [0.717, 1.165) is 16.7 Å². The Balaban J connectivity index is 1.41. The summed E-state index contributed by atoms with van der Waals surface area (Å²) in [6.45, 7) is 1.35. The molecule has 8 heteroatoms. The summed E-state index contributed by atoms with van der Waals surface area (Å²) in [4.78, 5) is 23.9. The monoisotopic (exact) mass is 445 g/mol. The number of carbonyl (C=O) groups is 2. The van der Waals surface area contributed by atoms with Crippen LogP contribution in [0.15, 0.2) is 66.7 Å². The van der Waals surface area contributed by atoms with E-state index in [1.807, 2.05) is 37.3 Å². The van der Waals surface area contributed by atoms with Crippen molar-refractivity contribution in [3.63, 3.8) is 0 Å². The van der Waals surface area contributed by atoms with Crippen LogP contribution in [0.1, 0.15) is 11.1 Å². The molecule has 0 unspecified atom stereocenters. The van der Waals surface area contributed by atoms with Crippen molar-refractivity contribution < 1.29 is 23.8 Å². The van der Waals surface area contributed by atoms with Crippen LogP contribution in [0, 0.1) is 18.3 Å². The molecule has 3 aromatic rings. The summed E-state index contributed by atoms with van der Waals surface area (Å²) in [5.74, 6) is 0.400. The van der Waals surface area contributed by atoms with E-state index < -0.39 is 11.8 Å². The lowest BCUT2D eigenvalue weighted by atomic mass is 10.0. The van der Waals surface area contributed by atoms with Gasteiger partial charge in [-0.25, -0.2) is 0 Å². The van der Waals surface area contributed by atoms with Gasteiger partial charge in [0.05, 0.1) is 18.7 Å². The smallest absolute Gasteiger partial charge is 0.276 e. The minimum Gasteiger partial charge on any atom is -0.493 e. The first-order valence-electron chi connectivity index (χ1n) is 10.1. The van der Waals surface area contributed by atoms with E-state index in [-0.39, 0.29) is 13.2 Å². The van der Waals surface area contributed by atoms with Gasteiger partial charge < -0.3 is 14.2 Å². The van der Waals surface area contributed by atoms with Gasteiger partial charge in [-0.15, -0.1) is 0 Å². The second-order valence-corrected chi connectivity index (χ2v) is 7.04. The Labute approximate surface area is 191 Å². The number of hydrogen-bond donors (Lipinski definition) is 2. The molecule has 2 N–H and O–H groups in total. The number of ether oxygens (including phenoxy) is 3. The van der Waals surface area contributed by atoms with Crippen LogP contribution in [-0.2, 0) is 9.59 Å². The van der Waals surface area contributed by atoms with Crippen LogP contribution in [0.4, 0.5) is 0 Å². The summed E-state index contributed by atoms with van der Waals surface area (Å²) in [5, 5.41) is 8.88. The number of hydrazine groups is 1. The predicted octanol–water partition coefficient (Wildman–Crippen LogP) is 3.15. The van der Waals surface area contributed by atoms with E-state index in [1.165, 1.54) is 7.11 Å².